The predicted molar refractivity (Wildman–Crippen MR) is 106 cm³/mol. The molecule has 0 saturated heterocycles. The molecule has 1 aliphatic heterocycles. The summed E-state index contributed by atoms with van der Waals surface area (Å²) in [6.07, 6.45) is -2.66. The number of aryl methyl sites for hydroxylation is 1. The van der Waals surface area contributed by atoms with Gasteiger partial charge in [0.25, 0.3) is 0 Å². The number of rotatable bonds is 4. The molecule has 0 fully saturated rings. The quantitative estimate of drug-likeness (QED) is 0.505. The van der Waals surface area contributed by atoms with Crippen molar-refractivity contribution in [3.05, 3.63) is 34.1 Å². The van der Waals surface area contributed by atoms with E-state index in [4.69, 9.17) is 6.42 Å². The van der Waals surface area contributed by atoms with Crippen molar-refractivity contribution in [2.75, 3.05) is 13.1 Å². The molecule has 0 N–H and O–H groups in total. The molecule has 0 bridgehead atoms. The number of alkyl halides is 4. The first-order valence-electron chi connectivity index (χ1n) is 9.18. The Balaban J connectivity index is 2.01. The number of carbonyl (C=O) groups excluding carboxylic acids is 1. The van der Waals surface area contributed by atoms with Crippen LogP contribution in [0.25, 0.3) is 5.69 Å². The highest BCUT2D eigenvalue weighted by molar-refractivity contribution is 7.09. The van der Waals surface area contributed by atoms with Crippen molar-refractivity contribution < 1.29 is 31.8 Å². The number of carbonyl (C=O) groups is 1. The molecule has 6 nitrogen and oxygen atoms in total. The maximum atomic E-state index is 13.5. The van der Waals surface area contributed by atoms with E-state index in [1.54, 1.807) is 13.1 Å². The van der Waals surface area contributed by atoms with Gasteiger partial charge in [0.15, 0.2) is 16.3 Å². The number of aromatic nitrogens is 1. The summed E-state index contributed by atoms with van der Waals surface area (Å²) in [7, 11) is 0. The lowest BCUT2D eigenvalue weighted by Crippen LogP contribution is -2.52. The van der Waals surface area contributed by atoms with Crippen LogP contribution >= 0.6 is 11.3 Å². The second-order valence-electron chi connectivity index (χ2n) is 7.24. The fraction of sp³-hybridized carbons (Fsp3) is 0.400. The summed E-state index contributed by atoms with van der Waals surface area (Å²) in [6, 6.07) is 3.01. The summed E-state index contributed by atoms with van der Waals surface area (Å²) in [6.45, 7) is 6.12. The number of ether oxygens (including phenoxy) is 2. The van der Waals surface area contributed by atoms with Crippen molar-refractivity contribution in [3.63, 3.8) is 0 Å². The Hall–Kier alpha value is -3.00. The molecule has 11 heteroatoms. The molecule has 31 heavy (non-hydrogen) atoms. The normalized spacial score (nSPS) is 16.8. The van der Waals surface area contributed by atoms with Crippen molar-refractivity contribution in [2.24, 2.45) is 10.9 Å². The van der Waals surface area contributed by atoms with Gasteiger partial charge in [-0.05, 0) is 25.0 Å². The van der Waals surface area contributed by atoms with Crippen LogP contribution in [0.3, 0.4) is 0 Å². The van der Waals surface area contributed by atoms with E-state index in [0.29, 0.717) is 6.54 Å². The van der Waals surface area contributed by atoms with Gasteiger partial charge in [-0.2, -0.15) is 22.6 Å². The van der Waals surface area contributed by atoms with E-state index in [9.17, 15) is 22.4 Å². The molecule has 2 amide bonds. The molecule has 0 atom stereocenters. The Morgan fingerprint density at radius 1 is 1.26 bits per heavy atom. The molecular formula is C20H19F4N3O3S. The van der Waals surface area contributed by atoms with Gasteiger partial charge in [0.1, 0.15) is 0 Å². The summed E-state index contributed by atoms with van der Waals surface area (Å²) in [5.41, 5.74) is 0.270. The lowest BCUT2D eigenvalue weighted by molar-refractivity contribution is -0.391. The third kappa shape index (κ3) is 4.69. The third-order valence-corrected chi connectivity index (χ3v) is 5.02. The second-order valence-corrected chi connectivity index (χ2v) is 8.45. The van der Waals surface area contributed by atoms with Gasteiger partial charge in [0.05, 0.1) is 12.2 Å². The fourth-order valence-corrected chi connectivity index (χ4v) is 3.66. The van der Waals surface area contributed by atoms with Gasteiger partial charge in [-0.25, -0.2) is 4.79 Å². The molecule has 2 aromatic rings. The van der Waals surface area contributed by atoms with E-state index in [0.717, 1.165) is 17.0 Å². The number of benzene rings is 1. The van der Waals surface area contributed by atoms with Crippen molar-refractivity contribution in [1.82, 2.24) is 9.47 Å². The highest BCUT2D eigenvalue weighted by atomic mass is 32.1. The SMILES string of the molecule is C#CCN(CC(C)C)C(=O)N=c1sc(C)cn1-c1ccc2c(c1)OC(F)(F)C(F)(F)O2. The third-order valence-electron chi connectivity index (χ3n) is 4.12. The Morgan fingerprint density at radius 2 is 1.90 bits per heavy atom. The second kappa shape index (κ2) is 8.26. The number of hydrogen-bond donors (Lipinski definition) is 0. The van der Waals surface area contributed by atoms with E-state index in [1.807, 2.05) is 13.8 Å². The van der Waals surface area contributed by atoms with E-state index in [2.05, 4.69) is 20.4 Å². The standard InChI is InChI=1S/C20H19F4N3O3S/c1-5-8-26(10-12(2)3)17(28)25-18-27(11-13(4)31-18)14-6-7-15-16(9-14)30-20(23,24)19(21,22)29-15/h1,6-7,9,11-12H,8,10H2,2-4H3. The maximum Gasteiger partial charge on any atom is 0.507 e. The Morgan fingerprint density at radius 3 is 2.52 bits per heavy atom. The summed E-state index contributed by atoms with van der Waals surface area (Å²) >= 11 is 1.19. The number of nitrogens with zero attached hydrogens (tertiary/aromatic N) is 3. The fourth-order valence-electron chi connectivity index (χ4n) is 2.84. The molecule has 0 unspecified atom stereocenters. The lowest BCUT2D eigenvalue weighted by Gasteiger charge is -2.31. The monoisotopic (exact) mass is 457 g/mol. The summed E-state index contributed by atoms with van der Waals surface area (Å²) in [5.74, 6) is 1.50. The van der Waals surface area contributed by atoms with E-state index < -0.39 is 29.7 Å². The number of thiazole rings is 1. The van der Waals surface area contributed by atoms with Crippen LogP contribution in [0.4, 0.5) is 22.4 Å². The molecule has 0 aliphatic carbocycles. The number of fused-ring (bicyclic) bond motifs is 1. The number of hydrogen-bond acceptors (Lipinski definition) is 4. The minimum Gasteiger partial charge on any atom is -0.421 e. The molecule has 0 spiro atoms. The Bertz CT molecular complexity index is 1100. The molecule has 0 radical (unpaired) electrons. The molecule has 2 heterocycles. The van der Waals surface area contributed by atoms with Gasteiger partial charge in [-0.1, -0.05) is 19.8 Å². The summed E-state index contributed by atoms with van der Waals surface area (Å²) in [4.78, 5) is 19.2. The van der Waals surface area contributed by atoms with Crippen LogP contribution in [0.2, 0.25) is 0 Å². The molecule has 166 valence electrons. The first-order chi connectivity index (χ1) is 14.4. The summed E-state index contributed by atoms with van der Waals surface area (Å²) in [5, 5.41) is 0. The van der Waals surface area contributed by atoms with Crippen LogP contribution in [0, 0.1) is 25.2 Å². The van der Waals surface area contributed by atoms with Gasteiger partial charge in [-0.15, -0.1) is 17.8 Å². The average Bonchev–Trinajstić information content (AvgIpc) is 3.01. The number of halogens is 4. The first kappa shape index (κ1) is 22.7. The predicted octanol–water partition coefficient (Wildman–Crippen LogP) is 4.42. The molecular weight excluding hydrogens is 438 g/mol. The first-order valence-corrected chi connectivity index (χ1v) is 9.99. The Kier molecular flexibility index (Phi) is 6.04. The molecule has 0 saturated carbocycles. The minimum absolute atomic E-state index is 0.0815. The van der Waals surface area contributed by atoms with Crippen molar-refractivity contribution in [2.45, 2.75) is 33.0 Å². The van der Waals surface area contributed by atoms with E-state index in [-0.39, 0.29) is 23.0 Å². The van der Waals surface area contributed by atoms with Crippen LogP contribution < -0.4 is 14.3 Å². The van der Waals surface area contributed by atoms with Crippen LogP contribution in [-0.2, 0) is 0 Å². The maximum absolute atomic E-state index is 13.5. The Labute approximate surface area is 179 Å². The van der Waals surface area contributed by atoms with Crippen LogP contribution in [0.1, 0.15) is 18.7 Å². The van der Waals surface area contributed by atoms with Crippen molar-refractivity contribution in [3.8, 4) is 29.5 Å². The largest absolute Gasteiger partial charge is 0.507 e. The minimum atomic E-state index is -4.83. The smallest absolute Gasteiger partial charge is 0.421 e. The van der Waals surface area contributed by atoms with Crippen LogP contribution in [0.5, 0.6) is 11.5 Å². The van der Waals surface area contributed by atoms with Crippen LogP contribution in [0.15, 0.2) is 29.4 Å². The van der Waals surface area contributed by atoms with E-state index >= 15 is 0 Å². The van der Waals surface area contributed by atoms with Crippen molar-refractivity contribution >= 4 is 17.4 Å². The molecule has 1 aromatic heterocycles. The van der Waals surface area contributed by atoms with Gasteiger partial charge in [0, 0.05) is 23.7 Å². The summed E-state index contributed by atoms with van der Waals surface area (Å²) < 4.78 is 63.5. The van der Waals surface area contributed by atoms with E-state index in [1.165, 1.54) is 26.9 Å². The number of urea groups is 1. The van der Waals surface area contributed by atoms with Crippen molar-refractivity contribution in [1.29, 1.82) is 0 Å². The molecule has 3 rings (SSSR count). The topological polar surface area (TPSA) is 56.1 Å². The zero-order valence-corrected chi connectivity index (χ0v) is 17.7. The van der Waals surface area contributed by atoms with Gasteiger partial charge >= 0.3 is 18.2 Å². The molecule has 1 aliphatic rings. The molecule has 1 aromatic carbocycles. The highest BCUT2D eigenvalue weighted by Crippen LogP contribution is 2.47. The van der Waals surface area contributed by atoms with Crippen LogP contribution in [-0.4, -0.2) is 40.8 Å². The zero-order chi connectivity index (χ0) is 23.0. The van der Waals surface area contributed by atoms with Gasteiger partial charge < -0.3 is 14.4 Å². The zero-order valence-electron chi connectivity index (χ0n) is 16.9. The van der Waals surface area contributed by atoms with Gasteiger partial charge in [0.2, 0.25) is 0 Å². The van der Waals surface area contributed by atoms with Gasteiger partial charge in [-0.3, -0.25) is 4.57 Å². The number of amides is 2. The average molecular weight is 457 g/mol. The lowest BCUT2D eigenvalue weighted by atomic mass is 10.2. The number of terminal acetylenes is 1. The highest BCUT2D eigenvalue weighted by Gasteiger charge is 2.65.